The smallest absolute Gasteiger partial charge is 0.337 e. The Balaban J connectivity index is 2.63. The molecule has 0 spiro atoms. The Bertz CT molecular complexity index is 771. The maximum Gasteiger partial charge on any atom is 0.337 e. The second-order valence-corrected chi connectivity index (χ2v) is 8.66. The van der Waals surface area contributed by atoms with Gasteiger partial charge in [0.1, 0.15) is 0 Å². The molecule has 0 aromatic heterocycles. The molecule has 138 valence electrons. The molecule has 1 aromatic carbocycles. The Kier molecular flexibility index (Phi) is 5.84. The quantitative estimate of drug-likeness (QED) is 0.785. The predicted octanol–water partition coefficient (Wildman–Crippen LogP) is 1.48. The highest BCUT2D eigenvalue weighted by atomic mass is 32.2. The van der Waals surface area contributed by atoms with Gasteiger partial charge >= 0.3 is 11.9 Å². The lowest BCUT2D eigenvalue weighted by Crippen LogP contribution is -2.27. The second-order valence-electron chi connectivity index (χ2n) is 6.19. The van der Waals surface area contributed by atoms with Crippen LogP contribution in [-0.2, 0) is 24.1 Å². The first-order valence-corrected chi connectivity index (χ1v) is 9.56. The monoisotopic (exact) mass is 369 g/mol. The molecule has 1 fully saturated rings. The molecule has 1 aromatic rings. The van der Waals surface area contributed by atoms with E-state index in [9.17, 15) is 18.0 Å². The number of benzene rings is 1. The van der Waals surface area contributed by atoms with E-state index in [1.54, 1.807) is 13.8 Å². The Morgan fingerprint density at radius 2 is 1.88 bits per heavy atom. The number of carbonyl (C=O) groups is 2. The molecule has 0 amide bonds. The SMILES string of the molecule is COC(=O)c1ccc(S(=O)(=O)C(C)C)c(C2NCCC2C(=O)OC)c1. The second kappa shape index (κ2) is 7.53. The van der Waals surface area contributed by atoms with Crippen molar-refractivity contribution in [2.75, 3.05) is 20.8 Å². The first-order chi connectivity index (χ1) is 11.7. The Labute approximate surface area is 147 Å². The summed E-state index contributed by atoms with van der Waals surface area (Å²) in [5.74, 6) is -1.49. The topological polar surface area (TPSA) is 98.8 Å². The molecule has 1 saturated heterocycles. The number of hydrogen-bond donors (Lipinski definition) is 1. The molecular weight excluding hydrogens is 346 g/mol. The van der Waals surface area contributed by atoms with Gasteiger partial charge in [0.05, 0.1) is 35.8 Å². The van der Waals surface area contributed by atoms with Crippen molar-refractivity contribution in [2.24, 2.45) is 5.92 Å². The Morgan fingerprint density at radius 1 is 1.20 bits per heavy atom. The van der Waals surface area contributed by atoms with E-state index >= 15 is 0 Å². The Morgan fingerprint density at radius 3 is 2.44 bits per heavy atom. The molecule has 1 N–H and O–H groups in total. The predicted molar refractivity (Wildman–Crippen MR) is 91.0 cm³/mol. The maximum absolute atomic E-state index is 12.7. The van der Waals surface area contributed by atoms with Crippen LogP contribution in [0.4, 0.5) is 0 Å². The number of esters is 2. The molecule has 7 nitrogen and oxygen atoms in total. The number of carbonyl (C=O) groups excluding carboxylic acids is 2. The lowest BCUT2D eigenvalue weighted by Gasteiger charge is -2.22. The minimum absolute atomic E-state index is 0.114. The van der Waals surface area contributed by atoms with Gasteiger partial charge in [-0.1, -0.05) is 0 Å². The van der Waals surface area contributed by atoms with Crippen molar-refractivity contribution >= 4 is 21.8 Å². The third-order valence-corrected chi connectivity index (χ3v) is 6.65. The molecule has 0 saturated carbocycles. The zero-order valence-electron chi connectivity index (χ0n) is 14.7. The summed E-state index contributed by atoms with van der Waals surface area (Å²) in [7, 11) is -1.04. The molecule has 2 unspecified atom stereocenters. The standard InChI is InChI=1S/C17H23NO6S/c1-10(2)25(21,22)14-6-5-11(16(19)23-3)9-13(14)15-12(7-8-18-15)17(20)24-4/h5-6,9-10,12,15,18H,7-8H2,1-4H3. The zero-order chi connectivity index (χ0) is 18.8. The molecule has 8 heteroatoms. The highest BCUT2D eigenvalue weighted by Gasteiger charge is 2.38. The lowest BCUT2D eigenvalue weighted by molar-refractivity contribution is -0.145. The van der Waals surface area contributed by atoms with Gasteiger partial charge in [-0.3, -0.25) is 4.79 Å². The third kappa shape index (κ3) is 3.69. The van der Waals surface area contributed by atoms with Crippen LogP contribution in [0.25, 0.3) is 0 Å². The molecule has 1 aliphatic heterocycles. The van der Waals surface area contributed by atoms with Crippen molar-refractivity contribution in [1.29, 1.82) is 0 Å². The van der Waals surface area contributed by atoms with E-state index in [1.807, 2.05) is 0 Å². The largest absolute Gasteiger partial charge is 0.469 e. The number of rotatable bonds is 5. The molecule has 25 heavy (non-hydrogen) atoms. The van der Waals surface area contributed by atoms with Gasteiger partial charge in [0.25, 0.3) is 0 Å². The summed E-state index contributed by atoms with van der Waals surface area (Å²) in [5.41, 5.74) is 0.627. The fourth-order valence-electron chi connectivity index (χ4n) is 2.98. The van der Waals surface area contributed by atoms with Crippen LogP contribution in [0.3, 0.4) is 0 Å². The fourth-order valence-corrected chi connectivity index (χ4v) is 4.26. The summed E-state index contributed by atoms with van der Waals surface area (Å²) >= 11 is 0. The first kappa shape index (κ1) is 19.4. The number of ether oxygens (including phenoxy) is 2. The first-order valence-electron chi connectivity index (χ1n) is 8.01. The molecule has 2 atom stereocenters. The van der Waals surface area contributed by atoms with Crippen molar-refractivity contribution in [2.45, 2.75) is 36.5 Å². The number of hydrogen-bond acceptors (Lipinski definition) is 7. The lowest BCUT2D eigenvalue weighted by atomic mass is 9.93. The minimum Gasteiger partial charge on any atom is -0.469 e. The molecule has 2 rings (SSSR count). The van der Waals surface area contributed by atoms with Gasteiger partial charge in [0, 0.05) is 6.04 Å². The zero-order valence-corrected chi connectivity index (χ0v) is 15.6. The molecule has 0 radical (unpaired) electrons. The van der Waals surface area contributed by atoms with Gasteiger partial charge in [-0.2, -0.15) is 0 Å². The van der Waals surface area contributed by atoms with Crippen molar-refractivity contribution in [3.8, 4) is 0 Å². The fraction of sp³-hybridized carbons (Fsp3) is 0.529. The summed E-state index contributed by atoms with van der Waals surface area (Å²) in [5, 5.41) is 2.53. The van der Waals surface area contributed by atoms with E-state index in [1.165, 1.54) is 32.4 Å². The van der Waals surface area contributed by atoms with Gasteiger partial charge in [0.2, 0.25) is 0 Å². The number of sulfone groups is 1. The molecular formula is C17H23NO6S. The molecule has 1 aliphatic rings. The van der Waals surface area contributed by atoms with Crippen LogP contribution in [0, 0.1) is 5.92 Å². The maximum atomic E-state index is 12.7. The van der Waals surface area contributed by atoms with Crippen molar-refractivity contribution in [3.63, 3.8) is 0 Å². The third-order valence-electron chi connectivity index (χ3n) is 4.42. The summed E-state index contributed by atoms with van der Waals surface area (Å²) in [6, 6.07) is 3.78. The summed E-state index contributed by atoms with van der Waals surface area (Å²) in [6.07, 6.45) is 0.529. The van der Waals surface area contributed by atoms with E-state index in [-0.39, 0.29) is 10.5 Å². The van der Waals surface area contributed by atoms with E-state index in [4.69, 9.17) is 9.47 Å². The van der Waals surface area contributed by atoms with E-state index in [0.29, 0.717) is 18.5 Å². The molecule has 0 bridgehead atoms. The van der Waals surface area contributed by atoms with Gasteiger partial charge in [-0.25, -0.2) is 13.2 Å². The highest BCUT2D eigenvalue weighted by molar-refractivity contribution is 7.92. The summed E-state index contributed by atoms with van der Waals surface area (Å²) < 4.78 is 35.1. The average molecular weight is 369 g/mol. The molecule has 1 heterocycles. The van der Waals surface area contributed by atoms with Crippen LogP contribution in [0.15, 0.2) is 23.1 Å². The normalized spacial score (nSPS) is 20.5. The van der Waals surface area contributed by atoms with E-state index in [2.05, 4.69) is 5.32 Å². The highest BCUT2D eigenvalue weighted by Crippen LogP contribution is 2.36. The van der Waals surface area contributed by atoms with Crippen LogP contribution < -0.4 is 5.32 Å². The van der Waals surface area contributed by atoms with Gasteiger partial charge in [-0.05, 0) is 50.6 Å². The van der Waals surface area contributed by atoms with Crippen molar-refractivity contribution in [3.05, 3.63) is 29.3 Å². The van der Waals surface area contributed by atoms with Crippen LogP contribution in [0.5, 0.6) is 0 Å². The van der Waals surface area contributed by atoms with Crippen LogP contribution in [0.1, 0.15) is 42.2 Å². The summed E-state index contributed by atoms with van der Waals surface area (Å²) in [6.45, 7) is 3.73. The molecule has 0 aliphatic carbocycles. The summed E-state index contributed by atoms with van der Waals surface area (Å²) in [4.78, 5) is 24.0. The number of nitrogens with one attached hydrogen (secondary N) is 1. The van der Waals surface area contributed by atoms with Gasteiger partial charge in [-0.15, -0.1) is 0 Å². The van der Waals surface area contributed by atoms with E-state index < -0.39 is 39.0 Å². The Hall–Kier alpha value is -1.93. The average Bonchev–Trinajstić information content (AvgIpc) is 3.09. The van der Waals surface area contributed by atoms with Crippen molar-refractivity contribution in [1.82, 2.24) is 5.32 Å². The number of methoxy groups -OCH3 is 2. The van der Waals surface area contributed by atoms with Crippen molar-refractivity contribution < 1.29 is 27.5 Å². The van der Waals surface area contributed by atoms with E-state index in [0.717, 1.165) is 0 Å². The van der Waals surface area contributed by atoms with Gasteiger partial charge < -0.3 is 14.8 Å². The van der Waals surface area contributed by atoms with Crippen LogP contribution in [-0.4, -0.2) is 46.4 Å². The van der Waals surface area contributed by atoms with Gasteiger partial charge in [0.15, 0.2) is 9.84 Å². The minimum atomic E-state index is -3.59. The van der Waals surface area contributed by atoms with Crippen LogP contribution >= 0.6 is 0 Å². The van der Waals surface area contributed by atoms with Crippen LogP contribution in [0.2, 0.25) is 0 Å².